The lowest BCUT2D eigenvalue weighted by molar-refractivity contribution is 0.00499. The average Bonchev–Trinajstić information content (AvgIpc) is 2.30. The van der Waals surface area contributed by atoms with Crippen LogP contribution >= 0.6 is 0 Å². The van der Waals surface area contributed by atoms with Gasteiger partial charge in [-0.3, -0.25) is 0 Å². The largest absolute Gasteiger partial charge is 0.376 e. The van der Waals surface area contributed by atoms with E-state index >= 15 is 0 Å². The third kappa shape index (κ3) is 3.62. The van der Waals surface area contributed by atoms with Crippen molar-refractivity contribution in [2.45, 2.75) is 39.3 Å². The summed E-state index contributed by atoms with van der Waals surface area (Å²) in [6.07, 6.45) is 1.13. The Balaban J connectivity index is 2.71. The van der Waals surface area contributed by atoms with Gasteiger partial charge in [0.05, 0.1) is 12.1 Å². The molecule has 2 N–H and O–H groups in total. The molecule has 90 valence electrons. The van der Waals surface area contributed by atoms with Crippen molar-refractivity contribution in [3.8, 4) is 0 Å². The molecule has 0 radical (unpaired) electrons. The molecule has 1 rings (SSSR count). The van der Waals surface area contributed by atoms with Crippen molar-refractivity contribution < 1.29 is 4.74 Å². The molecule has 0 saturated carbocycles. The highest BCUT2D eigenvalue weighted by Crippen LogP contribution is 2.22. The summed E-state index contributed by atoms with van der Waals surface area (Å²) in [5.74, 6) is 0.432. The molecule has 0 bridgehead atoms. The lowest BCUT2D eigenvalue weighted by atomic mass is 9.94. The lowest BCUT2D eigenvalue weighted by Gasteiger charge is -2.27. The molecule has 0 saturated heterocycles. The van der Waals surface area contributed by atoms with Gasteiger partial charge in [-0.15, -0.1) is 0 Å². The van der Waals surface area contributed by atoms with Gasteiger partial charge in [0.1, 0.15) is 0 Å². The summed E-state index contributed by atoms with van der Waals surface area (Å²) in [6, 6.07) is 10.1. The Bertz CT molecular complexity index is 284. The van der Waals surface area contributed by atoms with Crippen molar-refractivity contribution in [1.29, 1.82) is 0 Å². The molecule has 2 unspecified atom stereocenters. The van der Waals surface area contributed by atoms with Crippen molar-refractivity contribution in [2.75, 3.05) is 6.61 Å². The highest BCUT2D eigenvalue weighted by molar-refractivity contribution is 5.19. The fourth-order valence-electron chi connectivity index (χ4n) is 1.83. The summed E-state index contributed by atoms with van der Waals surface area (Å²) >= 11 is 0. The fourth-order valence-corrected chi connectivity index (χ4v) is 1.83. The molecule has 0 amide bonds. The molecule has 0 heterocycles. The summed E-state index contributed by atoms with van der Waals surface area (Å²) in [5, 5.41) is 0. The molecule has 2 nitrogen and oxygen atoms in total. The smallest absolute Gasteiger partial charge is 0.0790 e. The van der Waals surface area contributed by atoms with Crippen LogP contribution in [0.15, 0.2) is 30.3 Å². The molecule has 0 fully saturated rings. The third-order valence-electron chi connectivity index (χ3n) is 2.71. The summed E-state index contributed by atoms with van der Waals surface area (Å²) < 4.78 is 5.84. The van der Waals surface area contributed by atoms with Gasteiger partial charge < -0.3 is 10.5 Å². The number of nitrogens with two attached hydrogens (primary N) is 1. The first-order valence-electron chi connectivity index (χ1n) is 6.09. The molecule has 1 aromatic carbocycles. The van der Waals surface area contributed by atoms with E-state index in [0.717, 1.165) is 18.6 Å². The molecule has 0 aliphatic rings. The van der Waals surface area contributed by atoms with Gasteiger partial charge in [0, 0.05) is 6.61 Å². The third-order valence-corrected chi connectivity index (χ3v) is 2.71. The van der Waals surface area contributed by atoms with E-state index in [1.54, 1.807) is 0 Å². The maximum atomic E-state index is 6.26. The van der Waals surface area contributed by atoms with Gasteiger partial charge >= 0.3 is 0 Å². The Labute approximate surface area is 98.8 Å². The number of hydrogen-bond acceptors (Lipinski definition) is 2. The van der Waals surface area contributed by atoms with Crippen LogP contribution in [-0.2, 0) is 4.74 Å². The van der Waals surface area contributed by atoms with E-state index in [1.807, 2.05) is 18.2 Å². The van der Waals surface area contributed by atoms with Gasteiger partial charge in [0.15, 0.2) is 0 Å². The quantitative estimate of drug-likeness (QED) is 0.801. The zero-order chi connectivity index (χ0) is 12.0. The van der Waals surface area contributed by atoms with Crippen LogP contribution in [0.5, 0.6) is 0 Å². The van der Waals surface area contributed by atoms with Gasteiger partial charge in [0.25, 0.3) is 0 Å². The van der Waals surface area contributed by atoms with Gasteiger partial charge in [-0.1, -0.05) is 51.1 Å². The van der Waals surface area contributed by atoms with E-state index in [1.165, 1.54) is 0 Å². The van der Waals surface area contributed by atoms with Crippen LogP contribution in [0.25, 0.3) is 0 Å². The molecule has 0 spiro atoms. The summed E-state index contributed by atoms with van der Waals surface area (Å²) in [4.78, 5) is 0. The van der Waals surface area contributed by atoms with Crippen LogP contribution in [0, 0.1) is 5.92 Å². The maximum absolute atomic E-state index is 6.26. The Morgan fingerprint density at radius 2 is 1.81 bits per heavy atom. The first-order valence-corrected chi connectivity index (χ1v) is 6.09. The minimum absolute atomic E-state index is 0.0345. The molecule has 2 heteroatoms. The molecular weight excluding hydrogens is 198 g/mol. The van der Waals surface area contributed by atoms with Crippen LogP contribution in [0.2, 0.25) is 0 Å². The van der Waals surface area contributed by atoms with Crippen molar-refractivity contribution in [3.63, 3.8) is 0 Å². The Morgan fingerprint density at radius 1 is 1.19 bits per heavy atom. The number of ether oxygens (including phenoxy) is 1. The molecule has 2 atom stereocenters. The highest BCUT2D eigenvalue weighted by atomic mass is 16.5. The normalized spacial score (nSPS) is 15.1. The summed E-state index contributed by atoms with van der Waals surface area (Å²) in [7, 11) is 0. The van der Waals surface area contributed by atoms with E-state index in [-0.39, 0.29) is 12.1 Å². The molecular formula is C14H23NO. The first kappa shape index (κ1) is 13.2. The number of rotatable bonds is 6. The Morgan fingerprint density at radius 3 is 2.31 bits per heavy atom. The predicted octanol–water partition coefficient (Wildman–Crippen LogP) is 3.14. The van der Waals surface area contributed by atoms with E-state index in [2.05, 4.69) is 32.9 Å². The fraction of sp³-hybridized carbons (Fsp3) is 0.571. The number of hydrogen-bond donors (Lipinski definition) is 1. The van der Waals surface area contributed by atoms with E-state index < -0.39 is 0 Å². The van der Waals surface area contributed by atoms with Crippen LogP contribution in [0.4, 0.5) is 0 Å². The van der Waals surface area contributed by atoms with Crippen LogP contribution in [0.3, 0.4) is 0 Å². The monoisotopic (exact) mass is 221 g/mol. The second-order valence-corrected chi connectivity index (χ2v) is 4.52. The molecule has 16 heavy (non-hydrogen) atoms. The second-order valence-electron chi connectivity index (χ2n) is 4.52. The van der Waals surface area contributed by atoms with Crippen molar-refractivity contribution in [2.24, 2.45) is 11.7 Å². The minimum atomic E-state index is -0.0345. The minimum Gasteiger partial charge on any atom is -0.376 e. The topological polar surface area (TPSA) is 35.2 Å². The molecule has 0 aromatic heterocycles. The van der Waals surface area contributed by atoms with Crippen LogP contribution in [0.1, 0.15) is 38.8 Å². The summed E-state index contributed by atoms with van der Waals surface area (Å²) in [6.45, 7) is 7.21. The van der Waals surface area contributed by atoms with Crippen molar-refractivity contribution in [3.05, 3.63) is 35.9 Å². The van der Waals surface area contributed by atoms with E-state index in [4.69, 9.17) is 10.5 Å². The zero-order valence-electron chi connectivity index (χ0n) is 10.5. The van der Waals surface area contributed by atoms with Crippen molar-refractivity contribution >= 4 is 0 Å². The number of benzene rings is 1. The molecule has 1 aromatic rings. The van der Waals surface area contributed by atoms with Gasteiger partial charge in [-0.25, -0.2) is 0 Å². The SMILES string of the molecule is CCCOC(C(C)C)C(N)c1ccccc1. The van der Waals surface area contributed by atoms with E-state index in [0.29, 0.717) is 5.92 Å². The van der Waals surface area contributed by atoms with Gasteiger partial charge in [-0.2, -0.15) is 0 Å². The predicted molar refractivity (Wildman–Crippen MR) is 68.2 cm³/mol. The first-order chi connectivity index (χ1) is 7.66. The van der Waals surface area contributed by atoms with E-state index in [9.17, 15) is 0 Å². The lowest BCUT2D eigenvalue weighted by Crippen LogP contribution is -2.33. The van der Waals surface area contributed by atoms with Crippen LogP contribution < -0.4 is 5.73 Å². The molecule has 0 aliphatic heterocycles. The van der Waals surface area contributed by atoms with Crippen LogP contribution in [-0.4, -0.2) is 12.7 Å². The van der Waals surface area contributed by atoms with Crippen molar-refractivity contribution in [1.82, 2.24) is 0 Å². The highest BCUT2D eigenvalue weighted by Gasteiger charge is 2.22. The van der Waals surface area contributed by atoms with Gasteiger partial charge in [-0.05, 0) is 17.9 Å². The summed E-state index contributed by atoms with van der Waals surface area (Å²) in [5.41, 5.74) is 7.41. The zero-order valence-corrected chi connectivity index (χ0v) is 10.5. The Hall–Kier alpha value is -0.860. The molecule has 0 aliphatic carbocycles. The Kier molecular flexibility index (Phi) is 5.50. The second kappa shape index (κ2) is 6.66. The average molecular weight is 221 g/mol. The van der Waals surface area contributed by atoms with Gasteiger partial charge in [0.2, 0.25) is 0 Å². The standard InChI is InChI=1S/C14H23NO/c1-4-10-16-14(11(2)3)13(15)12-8-6-5-7-9-12/h5-9,11,13-14H,4,10,15H2,1-3H3. The maximum Gasteiger partial charge on any atom is 0.0790 e.